The minimum Gasteiger partial charge on any atom is -0.462 e. The summed E-state index contributed by atoms with van der Waals surface area (Å²) in [6, 6.07) is 0. The third-order valence-electron chi connectivity index (χ3n) is 14.7. The van der Waals surface area contributed by atoms with E-state index in [2.05, 4.69) is 167 Å². The molecule has 5 unspecified atom stereocenters. The van der Waals surface area contributed by atoms with Crippen LogP contribution in [0.25, 0.3) is 0 Å². The normalized spacial score (nSPS) is 14.9. The zero-order valence-electron chi connectivity index (χ0n) is 61.5. The molecule has 0 heterocycles. The number of rotatable bonds is 68. The van der Waals surface area contributed by atoms with Gasteiger partial charge >= 0.3 is 39.5 Å². The summed E-state index contributed by atoms with van der Waals surface area (Å²) in [6.07, 6.45) is 83.9. The first-order valence-electron chi connectivity index (χ1n) is 37.4. The lowest BCUT2D eigenvalue weighted by Gasteiger charge is -2.21. The fraction of sp³-hybridized carbons (Fsp3) is 0.605. The van der Waals surface area contributed by atoms with Gasteiger partial charge < -0.3 is 33.8 Å². The summed E-state index contributed by atoms with van der Waals surface area (Å²) in [6.45, 7) is 4.27. The molecule has 3 N–H and O–H groups in total. The fourth-order valence-electron chi connectivity index (χ4n) is 9.09. The second-order valence-corrected chi connectivity index (χ2v) is 27.0. The largest absolute Gasteiger partial charge is 0.472 e. The van der Waals surface area contributed by atoms with Crippen molar-refractivity contribution in [1.82, 2.24) is 0 Å². The van der Waals surface area contributed by atoms with Crippen molar-refractivity contribution in [1.29, 1.82) is 0 Å². The number of allylic oxidation sites excluding steroid dienone is 27. The van der Waals surface area contributed by atoms with Crippen molar-refractivity contribution in [3.8, 4) is 0 Å². The van der Waals surface area contributed by atoms with Crippen molar-refractivity contribution in [3.05, 3.63) is 170 Å². The minimum absolute atomic E-state index is 0.0164. The smallest absolute Gasteiger partial charge is 0.462 e. The van der Waals surface area contributed by atoms with Crippen LogP contribution in [-0.2, 0) is 65.4 Å². The van der Waals surface area contributed by atoms with Gasteiger partial charge in [-0.3, -0.25) is 37.3 Å². The summed E-state index contributed by atoms with van der Waals surface area (Å²) in [5, 5.41) is 10.6. The van der Waals surface area contributed by atoms with Gasteiger partial charge in [0.05, 0.1) is 32.8 Å². The number of aliphatic hydroxyl groups is 1. The van der Waals surface area contributed by atoms with Crippen molar-refractivity contribution >= 4 is 39.5 Å². The van der Waals surface area contributed by atoms with Crippen LogP contribution < -0.4 is 0 Å². The number of ether oxygens (including phenoxy) is 4. The molecule has 0 fully saturated rings. The molecule has 0 aliphatic heterocycles. The predicted octanol–water partition coefficient (Wildman–Crippen LogP) is 21.4. The van der Waals surface area contributed by atoms with Gasteiger partial charge in [-0.2, -0.15) is 0 Å². The van der Waals surface area contributed by atoms with Crippen molar-refractivity contribution in [2.75, 3.05) is 39.6 Å². The minimum atomic E-state index is -5.01. The highest BCUT2D eigenvalue weighted by molar-refractivity contribution is 7.47. The second-order valence-electron chi connectivity index (χ2n) is 24.1. The van der Waals surface area contributed by atoms with E-state index < -0.39 is 97.5 Å². The Labute approximate surface area is 603 Å². The Morgan fingerprint density at radius 1 is 0.300 bits per heavy atom. The van der Waals surface area contributed by atoms with Crippen LogP contribution in [0.2, 0.25) is 0 Å². The summed E-state index contributed by atoms with van der Waals surface area (Å²) in [7, 11) is -10.0. The van der Waals surface area contributed by atoms with Crippen molar-refractivity contribution < 1.29 is 80.2 Å². The van der Waals surface area contributed by atoms with Gasteiger partial charge in [-0.25, -0.2) is 9.13 Å². The van der Waals surface area contributed by atoms with Gasteiger partial charge in [-0.15, -0.1) is 0 Å². The summed E-state index contributed by atoms with van der Waals surface area (Å²) in [5.74, 6) is -2.43. The van der Waals surface area contributed by atoms with Crippen LogP contribution in [0.1, 0.15) is 259 Å². The van der Waals surface area contributed by atoms with E-state index in [0.717, 1.165) is 148 Å². The zero-order chi connectivity index (χ0) is 73.2. The molecule has 0 saturated heterocycles. The molecule has 0 aromatic rings. The molecule has 5 atom stereocenters. The van der Waals surface area contributed by atoms with Gasteiger partial charge in [0.2, 0.25) is 0 Å². The Bertz CT molecular complexity index is 2570. The quantitative estimate of drug-likeness (QED) is 0.0169. The van der Waals surface area contributed by atoms with Crippen LogP contribution in [0.4, 0.5) is 0 Å². The number of esters is 4. The molecular weight excluding hydrogens is 1310 g/mol. The van der Waals surface area contributed by atoms with Crippen LogP contribution in [0, 0.1) is 0 Å². The predicted molar refractivity (Wildman–Crippen MR) is 408 cm³/mol. The van der Waals surface area contributed by atoms with Gasteiger partial charge in [0, 0.05) is 19.3 Å². The standard InChI is InChI=1S/C81H130O17P2/c1-5-9-13-17-21-25-29-33-36-37-40-43-46-50-54-58-62-66-79(84)92-71-76(97-80(85)67-63-59-55-51-47-41-32-28-24-20-16-12-8-4)73-95-99(87,88)93-69-75(82)70-94-100(89,90)96-74-77(98-81(86)68-64-60-56-52-48-44-39-35-31-27-23-19-15-11-7-3)72-91-78(83)65-61-57-53-49-45-42-38-34-30-26-22-18-14-10-6-2/h9-11,13-15,21-23,25-28,32-36,38-40,43,45,48-49,52,57,61,75-77,82H,5-8,12,16-20,24,29-31,37,41-42,44,46-47,50-51,53-56,58-60,62-74H2,1-4H3,(H,87,88)(H,89,90)/b13-9-,14-10-,15-11-,25-21-,26-22-,27-23-,32-28-,36-33-,38-34-,39-35-,43-40-,49-45-,52-48-,61-57-. The third kappa shape index (κ3) is 70.8. The lowest BCUT2D eigenvalue weighted by molar-refractivity contribution is -0.161. The number of carbonyl (C=O) groups excluding carboxylic acids is 4. The highest BCUT2D eigenvalue weighted by atomic mass is 31.2. The average Bonchev–Trinajstić information content (AvgIpc) is 0.988. The maximum Gasteiger partial charge on any atom is 0.472 e. The summed E-state index contributed by atoms with van der Waals surface area (Å²) in [4.78, 5) is 72.7. The Balaban J connectivity index is 5.49. The topological polar surface area (TPSA) is 237 Å². The number of carbonyl (C=O) groups is 4. The molecule has 100 heavy (non-hydrogen) atoms. The molecule has 0 aliphatic carbocycles. The molecular formula is C81H130O17P2. The van der Waals surface area contributed by atoms with Crippen molar-refractivity contribution in [2.24, 2.45) is 0 Å². The van der Waals surface area contributed by atoms with Crippen LogP contribution >= 0.6 is 15.6 Å². The van der Waals surface area contributed by atoms with Gasteiger partial charge in [-0.1, -0.05) is 249 Å². The summed E-state index contributed by atoms with van der Waals surface area (Å²) < 4.78 is 68.2. The van der Waals surface area contributed by atoms with E-state index >= 15 is 0 Å². The highest BCUT2D eigenvalue weighted by Crippen LogP contribution is 2.45. The molecule has 0 aromatic carbocycles. The molecule has 0 bridgehead atoms. The Kier molecular flexibility index (Phi) is 67.8. The van der Waals surface area contributed by atoms with E-state index in [0.29, 0.717) is 32.1 Å². The lowest BCUT2D eigenvalue weighted by Crippen LogP contribution is -2.30. The molecule has 19 heteroatoms. The average molecular weight is 1440 g/mol. The van der Waals surface area contributed by atoms with Crippen molar-refractivity contribution in [3.63, 3.8) is 0 Å². The van der Waals surface area contributed by atoms with E-state index in [1.165, 1.54) is 25.7 Å². The van der Waals surface area contributed by atoms with Crippen LogP contribution in [0.3, 0.4) is 0 Å². The summed E-state index contributed by atoms with van der Waals surface area (Å²) in [5.41, 5.74) is 0. The fourth-order valence-corrected chi connectivity index (χ4v) is 10.7. The molecule has 0 amide bonds. The van der Waals surface area contributed by atoms with E-state index in [1.807, 2.05) is 24.3 Å². The first-order valence-corrected chi connectivity index (χ1v) is 40.4. The SMILES string of the molecule is CC/C=C\C/C=C\C/C=C\C/C=C\C/C=C\CC(=O)OCC(COP(=O)(O)OCC(O)COP(=O)(O)OCC(COC(=O)CCCCCC/C=C\C/C=C\C/C=C\C/C=C\CC)OC(=O)CCCCCCC/C=C\CCCCCC)OC(=O)CCCC/C=C\C/C=C\C/C=C\C/C=C\CC. The number of hydrogen-bond donors (Lipinski definition) is 3. The van der Waals surface area contributed by atoms with Crippen molar-refractivity contribution in [2.45, 2.75) is 277 Å². The number of phosphoric acid groups is 2. The number of hydrogen-bond acceptors (Lipinski definition) is 15. The molecule has 0 radical (unpaired) electrons. The van der Waals surface area contributed by atoms with E-state index in [4.69, 9.17) is 37.0 Å². The van der Waals surface area contributed by atoms with Gasteiger partial charge in [-0.05, 0) is 154 Å². The monoisotopic (exact) mass is 1440 g/mol. The number of phosphoric ester groups is 2. The maximum atomic E-state index is 13.1. The van der Waals surface area contributed by atoms with Crippen LogP contribution in [0.5, 0.6) is 0 Å². The molecule has 0 aromatic heterocycles. The first-order chi connectivity index (χ1) is 48.7. The highest BCUT2D eigenvalue weighted by Gasteiger charge is 2.30. The van der Waals surface area contributed by atoms with Gasteiger partial charge in [0.15, 0.2) is 12.2 Å². The molecule has 0 aliphatic rings. The van der Waals surface area contributed by atoms with Gasteiger partial charge in [0.1, 0.15) is 19.3 Å². The molecule has 566 valence electrons. The zero-order valence-corrected chi connectivity index (χ0v) is 63.3. The molecule has 17 nitrogen and oxygen atoms in total. The van der Waals surface area contributed by atoms with Gasteiger partial charge in [0.25, 0.3) is 0 Å². The number of aliphatic hydroxyl groups excluding tert-OH is 1. The first kappa shape index (κ1) is 94.4. The van der Waals surface area contributed by atoms with E-state index in [9.17, 15) is 43.2 Å². The lowest BCUT2D eigenvalue weighted by atomic mass is 10.1. The summed E-state index contributed by atoms with van der Waals surface area (Å²) >= 11 is 0. The second kappa shape index (κ2) is 71.8. The molecule has 0 rings (SSSR count). The Hall–Kier alpha value is -5.58. The molecule has 0 spiro atoms. The molecule has 0 saturated carbocycles. The third-order valence-corrected chi connectivity index (χ3v) is 16.6. The Morgan fingerprint density at radius 3 is 0.920 bits per heavy atom. The van der Waals surface area contributed by atoms with Crippen LogP contribution in [0.15, 0.2) is 170 Å². The Morgan fingerprint density at radius 2 is 0.560 bits per heavy atom. The van der Waals surface area contributed by atoms with E-state index in [-0.39, 0.29) is 25.7 Å². The maximum absolute atomic E-state index is 13.1. The number of unbranched alkanes of at least 4 members (excludes halogenated alkanes) is 15. The van der Waals surface area contributed by atoms with Crippen LogP contribution in [-0.4, -0.2) is 96.7 Å². The van der Waals surface area contributed by atoms with E-state index in [1.54, 1.807) is 6.08 Å².